The van der Waals surface area contributed by atoms with Gasteiger partial charge in [-0.25, -0.2) is 0 Å². The van der Waals surface area contributed by atoms with E-state index < -0.39 is 0 Å². The van der Waals surface area contributed by atoms with Crippen molar-refractivity contribution in [3.8, 4) is 23.7 Å². The molecule has 0 spiro atoms. The number of rotatable bonds is 0. The van der Waals surface area contributed by atoms with Gasteiger partial charge in [-0.05, 0) is 100 Å². The van der Waals surface area contributed by atoms with Crippen molar-refractivity contribution >= 4 is 63.7 Å². The zero-order chi connectivity index (χ0) is 18.5. The number of hydrogen-bond donors (Lipinski definition) is 0. The highest BCUT2D eigenvalue weighted by Crippen LogP contribution is 2.26. The Bertz CT molecular complexity index is 1000. The zero-order valence-corrected chi connectivity index (χ0v) is 19.6. The van der Waals surface area contributed by atoms with Crippen LogP contribution in [0.1, 0.15) is 22.3 Å². The predicted octanol–water partition coefficient (Wildman–Crippen LogP) is 7.54. The van der Waals surface area contributed by atoms with Gasteiger partial charge < -0.3 is 0 Å². The van der Waals surface area contributed by atoms with Crippen LogP contribution in [0.3, 0.4) is 0 Å². The Morgan fingerprint density at radius 3 is 1.15 bits per heavy atom. The predicted molar refractivity (Wildman–Crippen MR) is 122 cm³/mol. The molecule has 0 fully saturated rings. The first-order chi connectivity index (χ1) is 12.5. The van der Waals surface area contributed by atoms with E-state index in [2.05, 4.69) is 87.4 Å². The monoisotopic (exact) mass is 590 g/mol. The average molecular weight is 594 g/mol. The summed E-state index contributed by atoms with van der Waals surface area (Å²) in [4.78, 5) is 0. The quantitative estimate of drug-likeness (QED) is 0.236. The summed E-state index contributed by atoms with van der Waals surface area (Å²) in [6, 6.07) is 19.8. The molecule has 0 aromatic heterocycles. The highest BCUT2D eigenvalue weighted by atomic mass is 79.9. The van der Waals surface area contributed by atoms with Crippen molar-refractivity contribution in [1.82, 2.24) is 0 Å². The number of benzene rings is 3. The SMILES string of the molecule is Brc1ccccc1C#Cc1cc(Br)c(C#Cc2ccccc2Br)cc1Br. The lowest BCUT2D eigenvalue weighted by Gasteiger charge is -2.02. The fourth-order valence-electron chi connectivity index (χ4n) is 2.13. The second-order valence-electron chi connectivity index (χ2n) is 5.27. The molecule has 0 aliphatic heterocycles. The first-order valence-electron chi connectivity index (χ1n) is 7.57. The van der Waals surface area contributed by atoms with E-state index in [0.717, 1.165) is 40.1 Å². The van der Waals surface area contributed by atoms with E-state index in [0.29, 0.717) is 0 Å². The molecule has 0 aliphatic carbocycles. The summed E-state index contributed by atoms with van der Waals surface area (Å²) in [5.41, 5.74) is 3.71. The van der Waals surface area contributed by atoms with E-state index in [9.17, 15) is 0 Å². The van der Waals surface area contributed by atoms with E-state index >= 15 is 0 Å². The zero-order valence-electron chi connectivity index (χ0n) is 13.3. The Morgan fingerprint density at radius 2 is 0.769 bits per heavy atom. The van der Waals surface area contributed by atoms with Gasteiger partial charge in [-0.2, -0.15) is 0 Å². The van der Waals surface area contributed by atoms with Crippen LogP contribution in [0, 0.1) is 23.7 Å². The van der Waals surface area contributed by atoms with Crippen LogP contribution in [-0.4, -0.2) is 0 Å². The first kappa shape index (κ1) is 19.5. The van der Waals surface area contributed by atoms with Crippen molar-refractivity contribution in [2.45, 2.75) is 0 Å². The Labute approximate surface area is 186 Å². The molecule has 0 N–H and O–H groups in total. The molecule has 0 amide bonds. The van der Waals surface area contributed by atoms with Crippen molar-refractivity contribution in [1.29, 1.82) is 0 Å². The second kappa shape index (κ2) is 9.07. The average Bonchev–Trinajstić information content (AvgIpc) is 2.63. The molecule has 4 heteroatoms. The third-order valence-corrected chi connectivity index (χ3v) is 6.16. The van der Waals surface area contributed by atoms with Gasteiger partial charge in [0.05, 0.1) is 0 Å². The van der Waals surface area contributed by atoms with E-state index in [4.69, 9.17) is 0 Å². The Hall–Kier alpha value is -1.30. The summed E-state index contributed by atoms with van der Waals surface area (Å²) in [5.74, 6) is 12.8. The van der Waals surface area contributed by atoms with Crippen LogP contribution in [0.25, 0.3) is 0 Å². The summed E-state index contributed by atoms with van der Waals surface area (Å²) < 4.78 is 3.80. The Kier molecular flexibility index (Phi) is 6.79. The van der Waals surface area contributed by atoms with Crippen molar-refractivity contribution < 1.29 is 0 Å². The van der Waals surface area contributed by atoms with Gasteiger partial charge in [0.2, 0.25) is 0 Å². The third-order valence-electron chi connectivity index (χ3n) is 3.47. The minimum atomic E-state index is 0.902. The van der Waals surface area contributed by atoms with Crippen molar-refractivity contribution in [2.75, 3.05) is 0 Å². The van der Waals surface area contributed by atoms with Crippen LogP contribution in [0.2, 0.25) is 0 Å². The Balaban J connectivity index is 1.93. The maximum atomic E-state index is 3.60. The Morgan fingerprint density at radius 1 is 0.423 bits per heavy atom. The van der Waals surface area contributed by atoms with Crippen molar-refractivity contribution in [3.63, 3.8) is 0 Å². The molecule has 0 heterocycles. The summed E-state index contributed by atoms with van der Waals surface area (Å²) in [6.07, 6.45) is 0. The highest BCUT2D eigenvalue weighted by Gasteiger charge is 2.04. The van der Waals surface area contributed by atoms with E-state index in [1.54, 1.807) is 0 Å². The second-order valence-corrected chi connectivity index (χ2v) is 8.69. The van der Waals surface area contributed by atoms with Crippen LogP contribution in [0.5, 0.6) is 0 Å². The van der Waals surface area contributed by atoms with Crippen LogP contribution in [-0.2, 0) is 0 Å². The molecule has 0 saturated carbocycles. The summed E-state index contributed by atoms with van der Waals surface area (Å²) in [6.45, 7) is 0. The van der Waals surface area contributed by atoms with Crippen molar-refractivity contribution in [3.05, 3.63) is 101 Å². The molecule has 0 bridgehead atoms. The standard InChI is InChI=1S/C22H10Br4/c23-19-7-3-1-5-15(19)9-11-17-13-22(26)18(14-21(17)25)12-10-16-6-2-4-8-20(16)24/h1-8,13-14H. The molecule has 0 aliphatic rings. The van der Waals surface area contributed by atoms with Gasteiger partial charge in [-0.15, -0.1) is 0 Å². The largest absolute Gasteiger partial charge is 0.0611 e. The van der Waals surface area contributed by atoms with E-state index in [1.807, 2.05) is 60.7 Å². The summed E-state index contributed by atoms with van der Waals surface area (Å²) in [5, 5.41) is 0. The molecule has 0 atom stereocenters. The van der Waals surface area contributed by atoms with Gasteiger partial charge in [0, 0.05) is 40.1 Å². The maximum absolute atomic E-state index is 3.60. The molecule has 0 saturated heterocycles. The lowest BCUT2D eigenvalue weighted by molar-refractivity contribution is 1.50. The van der Waals surface area contributed by atoms with Crippen LogP contribution in [0.15, 0.2) is 78.6 Å². The minimum absolute atomic E-state index is 0.902. The molecule has 0 radical (unpaired) electrons. The third kappa shape index (κ3) is 4.90. The molecule has 26 heavy (non-hydrogen) atoms. The first-order valence-corrected chi connectivity index (χ1v) is 10.7. The molecule has 0 unspecified atom stereocenters. The van der Waals surface area contributed by atoms with Crippen LogP contribution < -0.4 is 0 Å². The maximum Gasteiger partial charge on any atom is 0.0403 e. The highest BCUT2D eigenvalue weighted by molar-refractivity contribution is 9.11. The molecule has 3 aromatic rings. The summed E-state index contributed by atoms with van der Waals surface area (Å²) >= 11 is 14.2. The normalized spacial score (nSPS) is 9.69. The van der Waals surface area contributed by atoms with Gasteiger partial charge >= 0.3 is 0 Å². The molecular weight excluding hydrogens is 584 g/mol. The van der Waals surface area contributed by atoms with Crippen molar-refractivity contribution in [2.24, 2.45) is 0 Å². The van der Waals surface area contributed by atoms with E-state index in [1.165, 1.54) is 0 Å². The van der Waals surface area contributed by atoms with Crippen LogP contribution >= 0.6 is 63.7 Å². The number of hydrogen-bond acceptors (Lipinski definition) is 0. The minimum Gasteiger partial charge on any atom is -0.0611 e. The van der Waals surface area contributed by atoms with Gasteiger partial charge in [0.15, 0.2) is 0 Å². The molecule has 0 nitrogen and oxygen atoms in total. The lowest BCUT2D eigenvalue weighted by atomic mass is 10.1. The van der Waals surface area contributed by atoms with Gasteiger partial charge in [-0.3, -0.25) is 0 Å². The fourth-order valence-corrected chi connectivity index (χ4v) is 3.79. The topological polar surface area (TPSA) is 0 Å². The number of halogens is 4. The lowest BCUT2D eigenvalue weighted by Crippen LogP contribution is -1.85. The van der Waals surface area contributed by atoms with Crippen LogP contribution in [0.4, 0.5) is 0 Å². The smallest absolute Gasteiger partial charge is 0.0403 e. The van der Waals surface area contributed by atoms with Gasteiger partial charge in [0.25, 0.3) is 0 Å². The molecular formula is C22H10Br4. The summed E-state index contributed by atoms with van der Waals surface area (Å²) in [7, 11) is 0. The molecule has 3 aromatic carbocycles. The van der Waals surface area contributed by atoms with E-state index in [-0.39, 0.29) is 0 Å². The van der Waals surface area contributed by atoms with Gasteiger partial charge in [-0.1, -0.05) is 47.9 Å². The molecule has 126 valence electrons. The molecule has 3 rings (SSSR count). The van der Waals surface area contributed by atoms with Gasteiger partial charge in [0.1, 0.15) is 0 Å². The fraction of sp³-hybridized carbons (Fsp3) is 0.